The van der Waals surface area contributed by atoms with Crippen LogP contribution in [0.3, 0.4) is 0 Å². The van der Waals surface area contributed by atoms with E-state index in [1.165, 1.54) is 0 Å². The zero-order chi connectivity index (χ0) is 18.2. The molecular weight excluding hydrogens is 368 g/mol. The number of hydrogen-bond donors (Lipinski definition) is 2. The van der Waals surface area contributed by atoms with Gasteiger partial charge in [-0.3, -0.25) is 14.5 Å². The molecule has 0 unspecified atom stereocenters. The van der Waals surface area contributed by atoms with Crippen molar-refractivity contribution in [2.24, 2.45) is 0 Å². The summed E-state index contributed by atoms with van der Waals surface area (Å²) in [5.41, 5.74) is 0. The van der Waals surface area contributed by atoms with Crippen molar-refractivity contribution in [3.05, 3.63) is 52.6 Å². The van der Waals surface area contributed by atoms with E-state index in [9.17, 15) is 4.79 Å². The van der Waals surface area contributed by atoms with Gasteiger partial charge >= 0.3 is 0 Å². The average molecular weight is 389 g/mol. The minimum Gasteiger partial charge on any atom is -0.494 e. The van der Waals surface area contributed by atoms with Crippen molar-refractivity contribution in [3.63, 3.8) is 0 Å². The SMILES string of the molecule is O=C(Cn1c(-c2cccs2)n[nH]c1=S)NCCCCOc1ccccc1. The summed E-state index contributed by atoms with van der Waals surface area (Å²) < 4.78 is 7.79. The fourth-order valence-corrected chi connectivity index (χ4v) is 3.34. The van der Waals surface area contributed by atoms with Crippen molar-refractivity contribution in [1.29, 1.82) is 0 Å². The Balaban J connectivity index is 1.40. The summed E-state index contributed by atoms with van der Waals surface area (Å²) in [5, 5.41) is 11.9. The molecule has 0 aliphatic rings. The number of carbonyl (C=O) groups excluding carboxylic acids is 1. The largest absolute Gasteiger partial charge is 0.494 e. The van der Waals surface area contributed by atoms with Crippen LogP contribution < -0.4 is 10.1 Å². The first-order valence-electron chi connectivity index (χ1n) is 8.37. The van der Waals surface area contributed by atoms with E-state index in [-0.39, 0.29) is 12.5 Å². The molecule has 0 radical (unpaired) electrons. The number of nitrogens with one attached hydrogen (secondary N) is 2. The molecule has 8 heteroatoms. The Morgan fingerprint density at radius 1 is 1.23 bits per heavy atom. The normalized spacial score (nSPS) is 10.6. The summed E-state index contributed by atoms with van der Waals surface area (Å²) in [6, 6.07) is 13.6. The van der Waals surface area contributed by atoms with Crippen molar-refractivity contribution < 1.29 is 9.53 Å². The third kappa shape index (κ3) is 5.03. The Morgan fingerprint density at radius 3 is 2.85 bits per heavy atom. The molecule has 3 rings (SSSR count). The molecule has 2 aromatic heterocycles. The van der Waals surface area contributed by atoms with E-state index in [1.807, 2.05) is 47.8 Å². The molecule has 6 nitrogen and oxygen atoms in total. The summed E-state index contributed by atoms with van der Waals surface area (Å²) in [7, 11) is 0. The van der Waals surface area contributed by atoms with Crippen LogP contribution in [-0.2, 0) is 11.3 Å². The molecule has 136 valence electrons. The van der Waals surface area contributed by atoms with Gasteiger partial charge in [0.2, 0.25) is 5.91 Å². The number of unbranched alkanes of at least 4 members (excludes halogenated alkanes) is 1. The van der Waals surface area contributed by atoms with Crippen LogP contribution in [-0.4, -0.2) is 33.8 Å². The highest BCUT2D eigenvalue weighted by Gasteiger charge is 2.12. The summed E-state index contributed by atoms with van der Waals surface area (Å²) in [6.07, 6.45) is 1.73. The molecule has 1 aromatic carbocycles. The van der Waals surface area contributed by atoms with Crippen LogP contribution >= 0.6 is 23.6 Å². The van der Waals surface area contributed by atoms with E-state index in [2.05, 4.69) is 15.5 Å². The maximum Gasteiger partial charge on any atom is 0.240 e. The highest BCUT2D eigenvalue weighted by molar-refractivity contribution is 7.71. The summed E-state index contributed by atoms with van der Waals surface area (Å²) in [6.45, 7) is 1.40. The predicted octanol–water partition coefficient (Wildman–Crippen LogP) is 3.64. The minimum absolute atomic E-state index is 0.0794. The van der Waals surface area contributed by atoms with Crippen LogP contribution in [0.4, 0.5) is 0 Å². The van der Waals surface area contributed by atoms with Gasteiger partial charge in [0.15, 0.2) is 10.6 Å². The first-order valence-corrected chi connectivity index (χ1v) is 9.66. The van der Waals surface area contributed by atoms with Gasteiger partial charge in [-0.2, -0.15) is 5.10 Å². The standard InChI is InChI=1S/C18H20N4O2S2/c23-16(19-10-4-5-11-24-14-7-2-1-3-8-14)13-22-17(20-21-18(22)25)15-9-6-12-26-15/h1-3,6-9,12H,4-5,10-11,13H2,(H,19,23)(H,21,25). The Kier molecular flexibility index (Phi) is 6.56. The second-order valence-electron chi connectivity index (χ2n) is 5.63. The number of rotatable bonds is 9. The molecule has 0 saturated heterocycles. The van der Waals surface area contributed by atoms with Crippen LogP contribution in [0, 0.1) is 4.77 Å². The van der Waals surface area contributed by atoms with E-state index >= 15 is 0 Å². The Morgan fingerprint density at radius 2 is 2.08 bits per heavy atom. The minimum atomic E-state index is -0.0794. The molecule has 2 N–H and O–H groups in total. The molecule has 0 atom stereocenters. The highest BCUT2D eigenvalue weighted by Crippen LogP contribution is 2.22. The number of thiophene rings is 1. The van der Waals surface area contributed by atoms with Crippen molar-refractivity contribution in [1.82, 2.24) is 20.1 Å². The average Bonchev–Trinajstić information content (AvgIpc) is 3.29. The van der Waals surface area contributed by atoms with Crippen LogP contribution in [0.25, 0.3) is 10.7 Å². The zero-order valence-electron chi connectivity index (χ0n) is 14.2. The number of nitrogens with zero attached hydrogens (tertiary/aromatic N) is 2. The zero-order valence-corrected chi connectivity index (χ0v) is 15.8. The molecule has 0 spiro atoms. The van der Waals surface area contributed by atoms with Crippen LogP contribution in [0.5, 0.6) is 5.75 Å². The van der Waals surface area contributed by atoms with Gasteiger partial charge in [0.25, 0.3) is 0 Å². The van der Waals surface area contributed by atoms with E-state index in [0.29, 0.717) is 23.7 Å². The van der Waals surface area contributed by atoms with E-state index in [1.54, 1.807) is 15.9 Å². The fraction of sp³-hybridized carbons (Fsp3) is 0.278. The molecule has 1 amide bonds. The lowest BCUT2D eigenvalue weighted by Crippen LogP contribution is -2.29. The fourth-order valence-electron chi connectivity index (χ4n) is 2.42. The molecule has 0 fully saturated rings. The molecule has 0 aliphatic heterocycles. The quantitative estimate of drug-likeness (QED) is 0.434. The number of hydrogen-bond acceptors (Lipinski definition) is 5. The number of amides is 1. The van der Waals surface area contributed by atoms with Crippen molar-refractivity contribution in [3.8, 4) is 16.5 Å². The van der Waals surface area contributed by atoms with Gasteiger partial charge in [0.05, 0.1) is 11.5 Å². The third-order valence-corrected chi connectivity index (χ3v) is 4.88. The molecule has 0 saturated carbocycles. The summed E-state index contributed by atoms with van der Waals surface area (Å²) in [4.78, 5) is 13.2. The van der Waals surface area contributed by atoms with Crippen LogP contribution in [0.1, 0.15) is 12.8 Å². The maximum atomic E-state index is 12.2. The lowest BCUT2D eigenvalue weighted by atomic mass is 10.3. The molecule has 0 aliphatic carbocycles. The molecule has 3 aromatic rings. The summed E-state index contributed by atoms with van der Waals surface area (Å²) in [5.74, 6) is 1.48. The van der Waals surface area contributed by atoms with Gasteiger partial charge in [-0.05, 0) is 48.6 Å². The van der Waals surface area contributed by atoms with Crippen molar-refractivity contribution >= 4 is 29.5 Å². The highest BCUT2D eigenvalue weighted by atomic mass is 32.1. The maximum absolute atomic E-state index is 12.2. The van der Waals surface area contributed by atoms with Crippen molar-refractivity contribution in [2.75, 3.05) is 13.2 Å². The first-order chi connectivity index (χ1) is 12.7. The Hall–Kier alpha value is -2.45. The number of H-pyrrole nitrogens is 1. The number of benzene rings is 1. The lowest BCUT2D eigenvalue weighted by molar-refractivity contribution is -0.121. The van der Waals surface area contributed by atoms with Crippen molar-refractivity contribution in [2.45, 2.75) is 19.4 Å². The van der Waals surface area contributed by atoms with Gasteiger partial charge in [0.1, 0.15) is 12.3 Å². The molecule has 26 heavy (non-hydrogen) atoms. The summed E-state index contributed by atoms with van der Waals surface area (Å²) >= 11 is 6.79. The first kappa shape index (κ1) is 18.3. The third-order valence-electron chi connectivity index (χ3n) is 3.71. The van der Waals surface area contributed by atoms with Gasteiger partial charge < -0.3 is 10.1 Å². The van der Waals surface area contributed by atoms with Gasteiger partial charge in [-0.25, -0.2) is 0 Å². The number of aromatic amines is 1. The predicted molar refractivity (Wildman–Crippen MR) is 105 cm³/mol. The van der Waals surface area contributed by atoms with Crippen LogP contribution in [0.2, 0.25) is 0 Å². The number of para-hydroxylation sites is 1. The monoisotopic (exact) mass is 388 g/mol. The molecule has 0 bridgehead atoms. The second kappa shape index (κ2) is 9.30. The molecule has 2 heterocycles. The topological polar surface area (TPSA) is 71.9 Å². The van der Waals surface area contributed by atoms with E-state index in [4.69, 9.17) is 17.0 Å². The number of aromatic nitrogens is 3. The van der Waals surface area contributed by atoms with E-state index < -0.39 is 0 Å². The Labute approximate surface area is 160 Å². The number of ether oxygens (including phenoxy) is 1. The smallest absolute Gasteiger partial charge is 0.240 e. The van der Waals surface area contributed by atoms with E-state index in [0.717, 1.165) is 23.5 Å². The Bertz CT molecular complexity index is 872. The van der Waals surface area contributed by atoms with Gasteiger partial charge in [-0.15, -0.1) is 11.3 Å². The lowest BCUT2D eigenvalue weighted by Gasteiger charge is -2.08. The number of carbonyl (C=O) groups is 1. The second-order valence-corrected chi connectivity index (χ2v) is 6.97. The van der Waals surface area contributed by atoms with Gasteiger partial charge in [-0.1, -0.05) is 24.3 Å². The molecular formula is C18H20N4O2S2. The van der Waals surface area contributed by atoms with Crippen LogP contribution in [0.15, 0.2) is 47.8 Å². The van der Waals surface area contributed by atoms with Gasteiger partial charge in [0, 0.05) is 6.54 Å².